The predicted molar refractivity (Wildman–Crippen MR) is 78.6 cm³/mol. The summed E-state index contributed by atoms with van der Waals surface area (Å²) in [5.74, 6) is -0.0519. The maximum absolute atomic E-state index is 12.5. The van der Waals surface area contributed by atoms with Crippen LogP contribution >= 0.6 is 15.9 Å². The maximum Gasteiger partial charge on any atom is 0.270 e. The van der Waals surface area contributed by atoms with Crippen molar-refractivity contribution in [2.75, 3.05) is 13.6 Å². The minimum Gasteiger partial charge on any atom is -0.340 e. The van der Waals surface area contributed by atoms with E-state index in [9.17, 15) is 9.59 Å². The lowest BCUT2D eigenvalue weighted by Crippen LogP contribution is -2.36. The summed E-state index contributed by atoms with van der Waals surface area (Å²) in [7, 11) is 1.81. The number of hydrogen-bond acceptors (Lipinski definition) is 2. The Kier molecular flexibility index (Phi) is 4.45. The normalized spacial score (nSPS) is 17.2. The third-order valence-electron chi connectivity index (χ3n) is 3.61. The number of pyridine rings is 1. The molecule has 104 valence electrons. The first-order valence-corrected chi connectivity index (χ1v) is 7.47. The van der Waals surface area contributed by atoms with Crippen molar-refractivity contribution in [2.45, 2.75) is 39.2 Å². The third kappa shape index (κ3) is 2.91. The van der Waals surface area contributed by atoms with Gasteiger partial charge in [-0.25, -0.2) is 0 Å². The number of nitrogens with zero attached hydrogens (tertiary/aromatic N) is 2. The van der Waals surface area contributed by atoms with E-state index in [4.69, 9.17) is 0 Å². The molecule has 19 heavy (non-hydrogen) atoms. The Balaban J connectivity index is 2.57. The van der Waals surface area contributed by atoms with Gasteiger partial charge < -0.3 is 9.47 Å². The molecule has 0 aliphatic carbocycles. The summed E-state index contributed by atoms with van der Waals surface area (Å²) in [5, 5.41) is 0. The van der Waals surface area contributed by atoms with Gasteiger partial charge in [0.15, 0.2) is 0 Å². The average Bonchev–Trinajstić information content (AvgIpc) is 2.37. The highest BCUT2D eigenvalue weighted by Gasteiger charge is 2.21. The van der Waals surface area contributed by atoms with Crippen molar-refractivity contribution < 1.29 is 4.79 Å². The molecule has 0 bridgehead atoms. The Morgan fingerprint density at radius 3 is 2.42 bits per heavy atom. The van der Waals surface area contributed by atoms with E-state index in [-0.39, 0.29) is 11.5 Å². The largest absolute Gasteiger partial charge is 0.340 e. The van der Waals surface area contributed by atoms with Crippen molar-refractivity contribution in [3.8, 4) is 0 Å². The molecule has 0 fully saturated rings. The molecule has 0 saturated heterocycles. The minimum absolute atomic E-state index is 0.0519. The highest BCUT2D eigenvalue weighted by Crippen LogP contribution is 2.17. The van der Waals surface area contributed by atoms with Crippen LogP contribution in [0.4, 0.5) is 0 Å². The fraction of sp³-hybridized carbons (Fsp3) is 0.571. The zero-order chi connectivity index (χ0) is 14.0. The average molecular weight is 327 g/mol. The molecular weight excluding hydrogens is 308 g/mol. The minimum atomic E-state index is -0.108. The van der Waals surface area contributed by atoms with Crippen LogP contribution < -0.4 is 5.56 Å². The van der Waals surface area contributed by atoms with Gasteiger partial charge in [0, 0.05) is 20.1 Å². The quantitative estimate of drug-likeness (QED) is 0.735. The summed E-state index contributed by atoms with van der Waals surface area (Å²) in [5.41, 5.74) is 1.28. The number of amides is 1. The highest BCUT2D eigenvalue weighted by molar-refractivity contribution is 9.10. The number of carbonyl (C=O) groups excluding carboxylic acids is 1. The Bertz CT molecular complexity index is 551. The van der Waals surface area contributed by atoms with Crippen LogP contribution in [0.15, 0.2) is 15.3 Å². The molecule has 0 unspecified atom stereocenters. The van der Waals surface area contributed by atoms with Gasteiger partial charge in [0.05, 0.1) is 4.47 Å². The number of fused-ring (bicyclic) bond motifs is 1. The lowest BCUT2D eigenvalue weighted by Gasteiger charge is -2.23. The molecule has 1 aromatic heterocycles. The van der Waals surface area contributed by atoms with E-state index in [2.05, 4.69) is 15.9 Å². The van der Waals surface area contributed by atoms with Crippen molar-refractivity contribution in [3.05, 3.63) is 32.2 Å². The number of rotatable bonds is 0. The van der Waals surface area contributed by atoms with Gasteiger partial charge in [0.2, 0.25) is 0 Å². The molecule has 0 radical (unpaired) electrons. The van der Waals surface area contributed by atoms with Crippen LogP contribution in [0.5, 0.6) is 0 Å². The molecule has 4 nitrogen and oxygen atoms in total. The Morgan fingerprint density at radius 2 is 1.74 bits per heavy atom. The van der Waals surface area contributed by atoms with Crippen LogP contribution in [0, 0.1) is 6.92 Å². The van der Waals surface area contributed by atoms with Crippen molar-refractivity contribution in [2.24, 2.45) is 0 Å². The standard InChI is InChI=1S/C14H19BrN2O2/c1-10-9-11(15)13(18)17-8-6-4-3-5-7-16(2)14(19)12(10)17/h9H,3-8H2,1-2H3. The van der Waals surface area contributed by atoms with Crippen LogP contribution in [0.3, 0.4) is 0 Å². The molecule has 5 heteroatoms. The first kappa shape index (κ1) is 14.3. The third-order valence-corrected chi connectivity index (χ3v) is 4.18. The molecule has 2 heterocycles. The number of aryl methyl sites for hydroxylation is 1. The molecule has 0 spiro atoms. The highest BCUT2D eigenvalue weighted by atomic mass is 79.9. The molecule has 0 atom stereocenters. The number of carbonyl (C=O) groups is 1. The zero-order valence-electron chi connectivity index (χ0n) is 11.4. The molecule has 0 saturated carbocycles. The van der Waals surface area contributed by atoms with Crippen LogP contribution in [-0.4, -0.2) is 29.0 Å². The molecule has 1 amide bonds. The Labute approximate surface area is 121 Å². The van der Waals surface area contributed by atoms with Crippen molar-refractivity contribution in [1.29, 1.82) is 0 Å². The van der Waals surface area contributed by atoms with E-state index in [1.807, 2.05) is 6.92 Å². The van der Waals surface area contributed by atoms with Gasteiger partial charge in [0.1, 0.15) is 5.69 Å². The van der Waals surface area contributed by atoms with Gasteiger partial charge in [-0.3, -0.25) is 9.59 Å². The van der Waals surface area contributed by atoms with Crippen LogP contribution in [-0.2, 0) is 6.54 Å². The summed E-state index contributed by atoms with van der Waals surface area (Å²) < 4.78 is 2.16. The van der Waals surface area contributed by atoms with E-state index in [0.29, 0.717) is 16.7 Å². The molecule has 0 aromatic carbocycles. The van der Waals surface area contributed by atoms with Gasteiger partial charge in [0.25, 0.3) is 11.5 Å². The Morgan fingerprint density at radius 1 is 1.11 bits per heavy atom. The zero-order valence-corrected chi connectivity index (χ0v) is 13.0. The second kappa shape index (κ2) is 5.90. The van der Waals surface area contributed by atoms with Crippen LogP contribution in [0.25, 0.3) is 0 Å². The van der Waals surface area contributed by atoms with Crippen molar-refractivity contribution >= 4 is 21.8 Å². The molecule has 1 aliphatic rings. The first-order valence-electron chi connectivity index (χ1n) is 6.68. The molecular formula is C14H19BrN2O2. The van der Waals surface area contributed by atoms with Gasteiger partial charge in [-0.1, -0.05) is 12.8 Å². The summed E-state index contributed by atoms with van der Waals surface area (Å²) in [4.78, 5) is 26.4. The van der Waals surface area contributed by atoms with Crippen LogP contribution in [0.2, 0.25) is 0 Å². The second-order valence-electron chi connectivity index (χ2n) is 5.12. The Hall–Kier alpha value is -1.10. The first-order chi connectivity index (χ1) is 9.02. The number of aromatic nitrogens is 1. The lowest BCUT2D eigenvalue weighted by atomic mass is 10.1. The lowest BCUT2D eigenvalue weighted by molar-refractivity contribution is 0.0776. The summed E-state index contributed by atoms with van der Waals surface area (Å²) in [6, 6.07) is 1.74. The molecule has 1 aliphatic heterocycles. The SMILES string of the molecule is Cc1cc(Br)c(=O)n2c1C(=O)N(C)CCCCCC2. The van der Waals surface area contributed by atoms with Gasteiger partial charge in [-0.15, -0.1) is 0 Å². The smallest absolute Gasteiger partial charge is 0.270 e. The molecule has 2 rings (SSSR count). The number of hydrogen-bond donors (Lipinski definition) is 0. The monoisotopic (exact) mass is 326 g/mol. The molecule has 1 aromatic rings. The fourth-order valence-electron chi connectivity index (χ4n) is 2.52. The topological polar surface area (TPSA) is 42.3 Å². The van der Waals surface area contributed by atoms with Crippen molar-refractivity contribution in [3.63, 3.8) is 0 Å². The summed E-state index contributed by atoms with van der Waals surface area (Å²) >= 11 is 3.28. The van der Waals surface area contributed by atoms with Gasteiger partial charge in [-0.2, -0.15) is 0 Å². The fourth-order valence-corrected chi connectivity index (χ4v) is 3.07. The number of halogens is 1. The van der Waals surface area contributed by atoms with E-state index in [0.717, 1.165) is 37.8 Å². The predicted octanol–water partition coefficient (Wildman–Crippen LogP) is 2.57. The van der Waals surface area contributed by atoms with Gasteiger partial charge >= 0.3 is 0 Å². The summed E-state index contributed by atoms with van der Waals surface area (Å²) in [6.07, 6.45) is 4.18. The van der Waals surface area contributed by atoms with Crippen LogP contribution in [0.1, 0.15) is 41.7 Å². The van der Waals surface area contributed by atoms with Crippen molar-refractivity contribution in [1.82, 2.24) is 9.47 Å². The molecule has 0 N–H and O–H groups in total. The van der Waals surface area contributed by atoms with E-state index >= 15 is 0 Å². The van der Waals surface area contributed by atoms with Gasteiger partial charge in [-0.05, 0) is 47.3 Å². The summed E-state index contributed by atoms with van der Waals surface area (Å²) in [6.45, 7) is 3.25. The van der Waals surface area contributed by atoms with E-state index in [1.54, 1.807) is 22.6 Å². The van der Waals surface area contributed by atoms with E-state index < -0.39 is 0 Å². The second-order valence-corrected chi connectivity index (χ2v) is 5.98. The maximum atomic E-state index is 12.5. The van der Waals surface area contributed by atoms with E-state index in [1.165, 1.54) is 0 Å².